The van der Waals surface area contributed by atoms with Crippen LogP contribution in [-0.4, -0.2) is 17.9 Å². The Morgan fingerprint density at radius 3 is 2.74 bits per heavy atom. The van der Waals surface area contributed by atoms with Crippen LogP contribution < -0.4 is 5.32 Å². The van der Waals surface area contributed by atoms with Gasteiger partial charge in [-0.15, -0.1) is 0 Å². The first kappa shape index (κ1) is 15.6. The first-order valence-electron chi connectivity index (χ1n) is 8.04. The molecular weight excluding hydrogens is 294 g/mol. The lowest BCUT2D eigenvalue weighted by Gasteiger charge is -2.22. The van der Waals surface area contributed by atoms with E-state index < -0.39 is 6.04 Å². The number of carbonyl (C=O) groups excluding carboxylic acids is 2. The van der Waals surface area contributed by atoms with Crippen LogP contribution in [0.2, 0.25) is 0 Å². The molecule has 1 saturated carbocycles. The van der Waals surface area contributed by atoms with Gasteiger partial charge in [-0.25, -0.2) is 4.79 Å². The molecule has 1 unspecified atom stereocenters. The highest BCUT2D eigenvalue weighted by molar-refractivity contribution is 5.83. The molecule has 0 radical (unpaired) electrons. The predicted molar refractivity (Wildman–Crippen MR) is 85.6 cm³/mol. The number of nitrogens with one attached hydrogen (secondary N) is 1. The van der Waals surface area contributed by atoms with Gasteiger partial charge in [0.2, 0.25) is 5.91 Å². The summed E-state index contributed by atoms with van der Waals surface area (Å²) in [6.45, 7) is 1.50. The minimum Gasteiger partial charge on any atom is -0.457 e. The molecule has 1 fully saturated rings. The fourth-order valence-electron chi connectivity index (χ4n) is 3.22. The van der Waals surface area contributed by atoms with Crippen LogP contribution in [0.3, 0.4) is 0 Å². The van der Waals surface area contributed by atoms with Crippen LogP contribution in [0.15, 0.2) is 34.7 Å². The Kier molecular flexibility index (Phi) is 4.65. The number of carbonyl (C=O) groups is 2. The van der Waals surface area contributed by atoms with Crippen molar-refractivity contribution in [2.45, 2.75) is 45.3 Å². The number of hydrogen-bond donors (Lipinski definition) is 1. The van der Waals surface area contributed by atoms with Crippen molar-refractivity contribution >= 4 is 22.8 Å². The number of rotatable bonds is 5. The molecule has 3 rings (SSSR count). The summed E-state index contributed by atoms with van der Waals surface area (Å²) in [5.41, 5.74) is 0.771. The van der Waals surface area contributed by atoms with Gasteiger partial charge in [0.05, 0.1) is 0 Å². The molecular formula is C18H21NO4. The maximum atomic E-state index is 12.4. The Labute approximate surface area is 135 Å². The molecule has 23 heavy (non-hydrogen) atoms. The molecule has 0 saturated heterocycles. The number of amides is 1. The SMILES string of the molecule is CC(=O)NC(C(=O)OCc1cc2ccccc2o1)C1CCCC1. The summed E-state index contributed by atoms with van der Waals surface area (Å²) >= 11 is 0. The molecule has 122 valence electrons. The van der Waals surface area contributed by atoms with E-state index in [1.54, 1.807) is 0 Å². The first-order valence-corrected chi connectivity index (χ1v) is 8.04. The fourth-order valence-corrected chi connectivity index (χ4v) is 3.22. The number of para-hydroxylation sites is 1. The van der Waals surface area contributed by atoms with Crippen molar-refractivity contribution in [1.29, 1.82) is 0 Å². The molecule has 1 aromatic carbocycles. The smallest absolute Gasteiger partial charge is 0.329 e. The predicted octanol–water partition coefficient (Wildman–Crippen LogP) is 3.17. The van der Waals surface area contributed by atoms with Crippen LogP contribution in [0.5, 0.6) is 0 Å². The van der Waals surface area contributed by atoms with Gasteiger partial charge in [-0.3, -0.25) is 4.79 Å². The van der Waals surface area contributed by atoms with Gasteiger partial charge in [0.15, 0.2) is 0 Å². The van der Waals surface area contributed by atoms with Crippen LogP contribution in [-0.2, 0) is 20.9 Å². The lowest BCUT2D eigenvalue weighted by Crippen LogP contribution is -2.45. The second-order valence-electron chi connectivity index (χ2n) is 6.08. The zero-order chi connectivity index (χ0) is 16.2. The summed E-state index contributed by atoms with van der Waals surface area (Å²) in [7, 11) is 0. The summed E-state index contributed by atoms with van der Waals surface area (Å²) < 4.78 is 11.0. The Bertz CT molecular complexity index is 667. The van der Waals surface area contributed by atoms with Crippen molar-refractivity contribution in [3.63, 3.8) is 0 Å². The minimum absolute atomic E-state index is 0.0797. The monoisotopic (exact) mass is 315 g/mol. The molecule has 1 aliphatic rings. The van der Waals surface area contributed by atoms with E-state index in [2.05, 4.69) is 5.32 Å². The first-order chi connectivity index (χ1) is 11.1. The van der Waals surface area contributed by atoms with Gasteiger partial charge in [0.1, 0.15) is 24.0 Å². The number of furan rings is 1. The maximum absolute atomic E-state index is 12.4. The second-order valence-corrected chi connectivity index (χ2v) is 6.08. The normalized spacial score (nSPS) is 16.4. The average Bonchev–Trinajstić information content (AvgIpc) is 3.18. The quantitative estimate of drug-likeness (QED) is 0.861. The van der Waals surface area contributed by atoms with Crippen LogP contribution in [0.25, 0.3) is 11.0 Å². The lowest BCUT2D eigenvalue weighted by atomic mass is 9.98. The van der Waals surface area contributed by atoms with Gasteiger partial charge in [-0.1, -0.05) is 31.0 Å². The third-order valence-corrected chi connectivity index (χ3v) is 4.32. The molecule has 5 heteroatoms. The summed E-state index contributed by atoms with van der Waals surface area (Å²) in [5.74, 6) is 0.185. The molecule has 0 aliphatic heterocycles. The summed E-state index contributed by atoms with van der Waals surface area (Å²) in [6.07, 6.45) is 4.09. The summed E-state index contributed by atoms with van der Waals surface area (Å²) in [6, 6.07) is 8.96. The molecule has 0 bridgehead atoms. The van der Waals surface area contributed by atoms with Crippen LogP contribution in [0.1, 0.15) is 38.4 Å². The Morgan fingerprint density at radius 1 is 1.30 bits per heavy atom. The third kappa shape index (κ3) is 3.73. The second kappa shape index (κ2) is 6.86. The average molecular weight is 315 g/mol. The van der Waals surface area contributed by atoms with E-state index in [4.69, 9.17) is 9.15 Å². The third-order valence-electron chi connectivity index (χ3n) is 4.32. The van der Waals surface area contributed by atoms with E-state index in [0.717, 1.165) is 36.7 Å². The highest BCUT2D eigenvalue weighted by atomic mass is 16.5. The van der Waals surface area contributed by atoms with E-state index in [1.165, 1.54) is 6.92 Å². The zero-order valence-electron chi connectivity index (χ0n) is 13.2. The maximum Gasteiger partial charge on any atom is 0.329 e. The summed E-state index contributed by atoms with van der Waals surface area (Å²) in [4.78, 5) is 23.7. The molecule has 1 N–H and O–H groups in total. The van der Waals surface area contributed by atoms with Gasteiger partial charge in [0, 0.05) is 12.3 Å². The van der Waals surface area contributed by atoms with Crippen LogP contribution >= 0.6 is 0 Å². The van der Waals surface area contributed by atoms with Crippen molar-refractivity contribution in [2.24, 2.45) is 5.92 Å². The Morgan fingerprint density at radius 2 is 2.04 bits per heavy atom. The molecule has 1 heterocycles. The minimum atomic E-state index is -0.556. The topological polar surface area (TPSA) is 68.5 Å². The molecule has 1 aromatic heterocycles. The Hall–Kier alpha value is -2.30. The molecule has 1 atom stereocenters. The zero-order valence-corrected chi connectivity index (χ0v) is 13.2. The molecule has 1 amide bonds. The van der Waals surface area contributed by atoms with Gasteiger partial charge in [0.25, 0.3) is 0 Å². The van der Waals surface area contributed by atoms with Crippen molar-refractivity contribution in [3.05, 3.63) is 36.1 Å². The standard InChI is InChI=1S/C18H21NO4/c1-12(20)19-17(13-6-2-3-7-13)18(21)22-11-15-10-14-8-4-5-9-16(14)23-15/h4-5,8-10,13,17H,2-3,6-7,11H2,1H3,(H,19,20). The highest BCUT2D eigenvalue weighted by Crippen LogP contribution is 2.28. The lowest BCUT2D eigenvalue weighted by molar-refractivity contribution is -0.151. The number of esters is 1. The van der Waals surface area contributed by atoms with Crippen molar-refractivity contribution < 1.29 is 18.7 Å². The van der Waals surface area contributed by atoms with Gasteiger partial charge < -0.3 is 14.5 Å². The largest absolute Gasteiger partial charge is 0.457 e. The number of benzene rings is 1. The highest BCUT2D eigenvalue weighted by Gasteiger charge is 2.32. The van der Waals surface area contributed by atoms with Gasteiger partial charge >= 0.3 is 5.97 Å². The molecule has 2 aromatic rings. The van der Waals surface area contributed by atoms with Gasteiger partial charge in [-0.05, 0) is 30.9 Å². The van der Waals surface area contributed by atoms with E-state index in [-0.39, 0.29) is 24.4 Å². The molecule has 5 nitrogen and oxygen atoms in total. The van der Waals surface area contributed by atoms with Crippen molar-refractivity contribution in [3.8, 4) is 0 Å². The summed E-state index contributed by atoms with van der Waals surface area (Å²) in [5, 5.41) is 3.72. The molecule has 0 spiro atoms. The van der Waals surface area contributed by atoms with Crippen molar-refractivity contribution in [1.82, 2.24) is 5.32 Å². The number of fused-ring (bicyclic) bond motifs is 1. The van der Waals surface area contributed by atoms with E-state index in [9.17, 15) is 9.59 Å². The number of ether oxygens (including phenoxy) is 1. The van der Waals surface area contributed by atoms with Gasteiger partial charge in [-0.2, -0.15) is 0 Å². The van der Waals surface area contributed by atoms with Crippen LogP contribution in [0.4, 0.5) is 0 Å². The Balaban J connectivity index is 1.64. The molecule has 1 aliphatic carbocycles. The van der Waals surface area contributed by atoms with Crippen molar-refractivity contribution in [2.75, 3.05) is 0 Å². The van der Waals surface area contributed by atoms with Crippen LogP contribution in [0, 0.1) is 5.92 Å². The fraction of sp³-hybridized carbons (Fsp3) is 0.444. The van der Waals surface area contributed by atoms with E-state index in [0.29, 0.717) is 5.76 Å². The van der Waals surface area contributed by atoms with E-state index >= 15 is 0 Å². The number of hydrogen-bond acceptors (Lipinski definition) is 4. The van der Waals surface area contributed by atoms with E-state index in [1.807, 2.05) is 30.3 Å².